The second-order valence-electron chi connectivity index (χ2n) is 6.11. The van der Waals surface area contributed by atoms with Crippen LogP contribution in [0.4, 0.5) is 5.69 Å². The van der Waals surface area contributed by atoms with Gasteiger partial charge in [-0.25, -0.2) is 0 Å². The molecule has 5 heteroatoms. The van der Waals surface area contributed by atoms with Crippen LogP contribution in [0, 0.1) is 0 Å². The molecule has 1 aliphatic heterocycles. The van der Waals surface area contributed by atoms with Gasteiger partial charge >= 0.3 is 0 Å². The third-order valence-corrected chi connectivity index (χ3v) is 4.36. The van der Waals surface area contributed by atoms with Crippen molar-refractivity contribution < 1.29 is 4.74 Å². The number of nitrogens with zero attached hydrogens (tertiary/aromatic N) is 1. The SMILES string of the molecule is C=CCOc1ccc(NC(=S)NCCCN2CCCCCC2)cc1. The first-order chi connectivity index (χ1) is 11.8. The van der Waals surface area contributed by atoms with Gasteiger partial charge in [0.2, 0.25) is 0 Å². The number of anilines is 1. The molecule has 1 aromatic carbocycles. The lowest BCUT2D eigenvalue weighted by Crippen LogP contribution is -2.32. The largest absolute Gasteiger partial charge is 0.490 e. The molecule has 0 aromatic heterocycles. The van der Waals surface area contributed by atoms with E-state index in [1.165, 1.54) is 38.8 Å². The van der Waals surface area contributed by atoms with Crippen molar-refractivity contribution in [3.63, 3.8) is 0 Å². The molecule has 2 N–H and O–H groups in total. The van der Waals surface area contributed by atoms with E-state index in [1.807, 2.05) is 24.3 Å². The van der Waals surface area contributed by atoms with Crippen molar-refractivity contribution in [2.75, 3.05) is 38.1 Å². The molecule has 1 fully saturated rings. The summed E-state index contributed by atoms with van der Waals surface area (Å²) >= 11 is 5.35. The molecule has 1 aliphatic rings. The van der Waals surface area contributed by atoms with Crippen LogP contribution in [-0.2, 0) is 0 Å². The second kappa shape index (κ2) is 11.0. The standard InChI is InChI=1S/C19H29N3OS/c1-2-16-23-18-10-8-17(9-11-18)21-19(24)20-12-7-15-22-13-5-3-4-6-14-22/h2,8-11H,1,3-7,12-16H2,(H2,20,21,24). The van der Waals surface area contributed by atoms with Crippen LogP contribution in [0.3, 0.4) is 0 Å². The molecule has 0 radical (unpaired) electrons. The smallest absolute Gasteiger partial charge is 0.170 e. The molecule has 0 amide bonds. The van der Waals surface area contributed by atoms with Gasteiger partial charge in [0.05, 0.1) is 0 Å². The average molecular weight is 348 g/mol. The number of hydrogen-bond acceptors (Lipinski definition) is 3. The third-order valence-electron chi connectivity index (χ3n) is 4.12. The first-order valence-corrected chi connectivity index (χ1v) is 9.30. The first-order valence-electron chi connectivity index (χ1n) is 8.89. The molecule has 0 atom stereocenters. The summed E-state index contributed by atoms with van der Waals surface area (Å²) in [6.45, 7) is 8.72. The van der Waals surface area contributed by atoms with Crippen molar-refractivity contribution in [2.45, 2.75) is 32.1 Å². The minimum absolute atomic E-state index is 0.518. The first kappa shape index (κ1) is 18.7. The van der Waals surface area contributed by atoms with Gasteiger partial charge in [-0.1, -0.05) is 25.5 Å². The van der Waals surface area contributed by atoms with E-state index in [4.69, 9.17) is 17.0 Å². The molecule has 0 aliphatic carbocycles. The topological polar surface area (TPSA) is 36.5 Å². The van der Waals surface area contributed by atoms with E-state index in [-0.39, 0.29) is 0 Å². The highest BCUT2D eigenvalue weighted by Crippen LogP contribution is 2.15. The van der Waals surface area contributed by atoms with Crippen LogP contribution in [-0.4, -0.2) is 42.8 Å². The number of thiocarbonyl (C=S) groups is 1. The van der Waals surface area contributed by atoms with Crippen LogP contribution in [0.25, 0.3) is 0 Å². The fraction of sp³-hybridized carbons (Fsp3) is 0.526. The summed E-state index contributed by atoms with van der Waals surface area (Å²) in [5, 5.41) is 7.16. The van der Waals surface area contributed by atoms with Gasteiger partial charge in [0.15, 0.2) is 5.11 Å². The minimum Gasteiger partial charge on any atom is -0.490 e. The molecule has 2 rings (SSSR count). The Kier molecular flexibility index (Phi) is 8.63. The van der Waals surface area contributed by atoms with Crippen molar-refractivity contribution in [3.8, 4) is 5.75 Å². The summed E-state index contributed by atoms with van der Waals surface area (Å²) in [6.07, 6.45) is 8.33. The zero-order chi connectivity index (χ0) is 17.0. The van der Waals surface area contributed by atoms with Crippen LogP contribution in [0.5, 0.6) is 5.75 Å². The fourth-order valence-corrected chi connectivity index (χ4v) is 3.05. The Morgan fingerprint density at radius 3 is 2.54 bits per heavy atom. The maximum absolute atomic E-state index is 5.46. The predicted octanol–water partition coefficient (Wildman–Crippen LogP) is 3.80. The Morgan fingerprint density at radius 2 is 1.88 bits per heavy atom. The number of rotatable bonds is 8. The zero-order valence-electron chi connectivity index (χ0n) is 14.4. The van der Waals surface area contributed by atoms with E-state index in [2.05, 4.69) is 22.1 Å². The maximum atomic E-state index is 5.46. The highest BCUT2D eigenvalue weighted by Gasteiger charge is 2.08. The highest BCUT2D eigenvalue weighted by atomic mass is 32.1. The summed E-state index contributed by atoms with van der Waals surface area (Å²) < 4.78 is 5.46. The summed E-state index contributed by atoms with van der Waals surface area (Å²) in [5.41, 5.74) is 0.964. The summed E-state index contributed by atoms with van der Waals surface area (Å²) in [6, 6.07) is 7.77. The Labute approximate surface area is 151 Å². The molecule has 1 saturated heterocycles. The molecule has 0 spiro atoms. The Bertz CT molecular complexity index is 496. The van der Waals surface area contributed by atoms with Gasteiger partial charge in [-0.2, -0.15) is 0 Å². The van der Waals surface area contributed by atoms with E-state index in [0.29, 0.717) is 11.7 Å². The van der Waals surface area contributed by atoms with Gasteiger partial charge in [0, 0.05) is 12.2 Å². The van der Waals surface area contributed by atoms with Gasteiger partial charge in [0.1, 0.15) is 12.4 Å². The van der Waals surface area contributed by atoms with Crippen LogP contribution in [0.1, 0.15) is 32.1 Å². The quantitative estimate of drug-likeness (QED) is 0.425. The van der Waals surface area contributed by atoms with Gasteiger partial charge in [-0.3, -0.25) is 0 Å². The summed E-state index contributed by atoms with van der Waals surface area (Å²) in [7, 11) is 0. The number of likely N-dealkylation sites (tertiary alicyclic amines) is 1. The lowest BCUT2D eigenvalue weighted by Gasteiger charge is -2.19. The van der Waals surface area contributed by atoms with Crippen molar-refractivity contribution >= 4 is 23.0 Å². The molecule has 132 valence electrons. The van der Waals surface area contributed by atoms with Crippen LogP contribution >= 0.6 is 12.2 Å². The Hall–Kier alpha value is -1.59. The third kappa shape index (κ3) is 7.32. The maximum Gasteiger partial charge on any atom is 0.170 e. The van der Waals surface area contributed by atoms with Crippen molar-refractivity contribution in [1.82, 2.24) is 10.2 Å². The Balaban J connectivity index is 1.61. The molecular weight excluding hydrogens is 318 g/mol. The van der Waals surface area contributed by atoms with Crippen LogP contribution in [0.15, 0.2) is 36.9 Å². The van der Waals surface area contributed by atoms with E-state index in [0.717, 1.165) is 30.9 Å². The van der Waals surface area contributed by atoms with Crippen molar-refractivity contribution in [3.05, 3.63) is 36.9 Å². The van der Waals surface area contributed by atoms with Gasteiger partial charge in [-0.05, 0) is 75.4 Å². The number of benzene rings is 1. The van der Waals surface area contributed by atoms with E-state index in [9.17, 15) is 0 Å². The van der Waals surface area contributed by atoms with E-state index < -0.39 is 0 Å². The molecule has 1 aromatic rings. The highest BCUT2D eigenvalue weighted by molar-refractivity contribution is 7.80. The van der Waals surface area contributed by atoms with Gasteiger partial charge in [-0.15, -0.1) is 0 Å². The van der Waals surface area contributed by atoms with Gasteiger partial charge < -0.3 is 20.3 Å². The predicted molar refractivity (Wildman–Crippen MR) is 106 cm³/mol. The fourth-order valence-electron chi connectivity index (χ4n) is 2.83. The molecule has 4 nitrogen and oxygen atoms in total. The van der Waals surface area contributed by atoms with Crippen molar-refractivity contribution in [2.24, 2.45) is 0 Å². The van der Waals surface area contributed by atoms with E-state index in [1.54, 1.807) is 6.08 Å². The number of hydrogen-bond donors (Lipinski definition) is 2. The normalized spacial score (nSPS) is 15.3. The molecule has 1 heterocycles. The van der Waals surface area contributed by atoms with E-state index >= 15 is 0 Å². The molecular formula is C19H29N3OS. The molecule has 0 bridgehead atoms. The zero-order valence-corrected chi connectivity index (χ0v) is 15.2. The Morgan fingerprint density at radius 1 is 1.17 bits per heavy atom. The lowest BCUT2D eigenvalue weighted by atomic mass is 10.2. The van der Waals surface area contributed by atoms with Crippen molar-refractivity contribution in [1.29, 1.82) is 0 Å². The molecule has 0 unspecified atom stereocenters. The average Bonchev–Trinajstić information content (AvgIpc) is 2.87. The summed E-state index contributed by atoms with van der Waals surface area (Å²) in [4.78, 5) is 2.58. The minimum atomic E-state index is 0.518. The second-order valence-corrected chi connectivity index (χ2v) is 6.52. The van der Waals surface area contributed by atoms with Crippen LogP contribution < -0.4 is 15.4 Å². The molecule has 24 heavy (non-hydrogen) atoms. The number of nitrogens with one attached hydrogen (secondary N) is 2. The summed E-state index contributed by atoms with van der Waals surface area (Å²) in [5.74, 6) is 0.830. The van der Waals surface area contributed by atoms with Crippen LogP contribution in [0.2, 0.25) is 0 Å². The number of ether oxygens (including phenoxy) is 1. The van der Waals surface area contributed by atoms with Gasteiger partial charge in [0.25, 0.3) is 0 Å². The monoisotopic (exact) mass is 347 g/mol. The lowest BCUT2D eigenvalue weighted by molar-refractivity contribution is 0.282. The molecule has 0 saturated carbocycles.